The van der Waals surface area contributed by atoms with Gasteiger partial charge in [-0.1, -0.05) is 6.92 Å². The monoisotopic (exact) mass is 274 g/mol. The van der Waals surface area contributed by atoms with Gasteiger partial charge in [0.15, 0.2) is 0 Å². The van der Waals surface area contributed by atoms with Crippen LogP contribution in [0.3, 0.4) is 0 Å². The van der Waals surface area contributed by atoms with E-state index in [-0.39, 0.29) is 11.5 Å². The zero-order valence-electron chi connectivity index (χ0n) is 10.6. The van der Waals surface area contributed by atoms with Crippen LogP contribution in [0.25, 0.3) is 0 Å². The molecule has 2 heterocycles. The highest BCUT2D eigenvalue weighted by Crippen LogP contribution is 2.40. The molecule has 0 aromatic carbocycles. The number of ketones is 1. The summed E-state index contributed by atoms with van der Waals surface area (Å²) in [7, 11) is 0. The standard InChI is InChI=1S/C13H22O2S2/c1-2-16-10-12(14)11-3-6-15-13(9-11)4-7-17-8-5-13/h11H,2-10H2,1H3. The summed E-state index contributed by atoms with van der Waals surface area (Å²) in [4.78, 5) is 12.1. The lowest BCUT2D eigenvalue weighted by Gasteiger charge is -2.42. The maximum Gasteiger partial charge on any atom is 0.146 e. The molecular formula is C13H22O2S2. The van der Waals surface area contributed by atoms with Gasteiger partial charge in [-0.05, 0) is 42.9 Å². The van der Waals surface area contributed by atoms with E-state index in [1.54, 1.807) is 11.8 Å². The molecule has 2 nitrogen and oxygen atoms in total. The Balaban J connectivity index is 1.89. The lowest BCUT2D eigenvalue weighted by atomic mass is 9.80. The predicted octanol–water partition coefficient (Wildman–Crippen LogP) is 3.00. The lowest BCUT2D eigenvalue weighted by Crippen LogP contribution is -2.44. The van der Waals surface area contributed by atoms with Gasteiger partial charge in [0.25, 0.3) is 0 Å². The van der Waals surface area contributed by atoms with Crippen LogP contribution >= 0.6 is 23.5 Å². The quantitative estimate of drug-likeness (QED) is 0.787. The summed E-state index contributed by atoms with van der Waals surface area (Å²) in [5.74, 6) is 4.86. The summed E-state index contributed by atoms with van der Waals surface area (Å²) in [6, 6.07) is 0. The fraction of sp³-hybridized carbons (Fsp3) is 0.923. The van der Waals surface area contributed by atoms with Crippen molar-refractivity contribution in [1.82, 2.24) is 0 Å². The van der Waals surface area contributed by atoms with Crippen LogP contribution in [0.5, 0.6) is 0 Å². The van der Waals surface area contributed by atoms with Crippen molar-refractivity contribution >= 4 is 29.3 Å². The molecule has 0 aromatic rings. The average molecular weight is 274 g/mol. The molecular weight excluding hydrogens is 252 g/mol. The molecule has 98 valence electrons. The van der Waals surface area contributed by atoms with Crippen LogP contribution in [0.2, 0.25) is 0 Å². The highest BCUT2D eigenvalue weighted by molar-refractivity contribution is 7.99. The molecule has 0 saturated carbocycles. The maximum absolute atomic E-state index is 12.1. The maximum atomic E-state index is 12.1. The third-order valence-electron chi connectivity index (χ3n) is 3.80. The minimum atomic E-state index is 0.0563. The van der Waals surface area contributed by atoms with Gasteiger partial charge in [0, 0.05) is 12.5 Å². The smallest absolute Gasteiger partial charge is 0.146 e. The predicted molar refractivity (Wildman–Crippen MR) is 76.0 cm³/mol. The van der Waals surface area contributed by atoms with Crippen molar-refractivity contribution in [2.45, 2.75) is 38.2 Å². The molecule has 2 fully saturated rings. The summed E-state index contributed by atoms with van der Waals surface area (Å²) < 4.78 is 6.02. The van der Waals surface area contributed by atoms with Crippen molar-refractivity contribution in [3.8, 4) is 0 Å². The number of hydrogen-bond donors (Lipinski definition) is 0. The van der Waals surface area contributed by atoms with Gasteiger partial charge in [0.1, 0.15) is 5.78 Å². The number of hydrogen-bond acceptors (Lipinski definition) is 4. The topological polar surface area (TPSA) is 26.3 Å². The Labute approximate surface area is 113 Å². The molecule has 2 aliphatic rings. The molecule has 0 aliphatic carbocycles. The van der Waals surface area contributed by atoms with E-state index in [0.717, 1.165) is 38.0 Å². The molecule has 0 amide bonds. The van der Waals surface area contributed by atoms with E-state index in [1.165, 1.54) is 11.5 Å². The summed E-state index contributed by atoms with van der Waals surface area (Å²) in [6.45, 7) is 2.90. The van der Waals surface area contributed by atoms with E-state index in [0.29, 0.717) is 11.5 Å². The van der Waals surface area contributed by atoms with Gasteiger partial charge in [-0.2, -0.15) is 23.5 Å². The van der Waals surface area contributed by atoms with Gasteiger partial charge in [0.05, 0.1) is 11.4 Å². The molecule has 1 atom stereocenters. The Morgan fingerprint density at radius 3 is 2.94 bits per heavy atom. The lowest BCUT2D eigenvalue weighted by molar-refractivity contribution is -0.136. The van der Waals surface area contributed by atoms with Crippen molar-refractivity contribution in [3.63, 3.8) is 0 Å². The van der Waals surface area contributed by atoms with Crippen LogP contribution < -0.4 is 0 Å². The molecule has 0 bridgehead atoms. The molecule has 0 aromatic heterocycles. The molecule has 2 rings (SSSR count). The number of rotatable bonds is 4. The summed E-state index contributed by atoms with van der Waals surface area (Å²) >= 11 is 3.77. The van der Waals surface area contributed by atoms with Crippen LogP contribution in [0, 0.1) is 5.92 Å². The van der Waals surface area contributed by atoms with E-state index >= 15 is 0 Å². The van der Waals surface area contributed by atoms with Gasteiger partial charge in [-0.25, -0.2) is 0 Å². The van der Waals surface area contributed by atoms with E-state index in [1.807, 2.05) is 11.8 Å². The Kier molecular flexibility index (Phi) is 5.25. The van der Waals surface area contributed by atoms with E-state index in [9.17, 15) is 4.79 Å². The van der Waals surface area contributed by atoms with Crippen molar-refractivity contribution < 1.29 is 9.53 Å². The molecule has 1 unspecified atom stereocenters. The molecule has 0 N–H and O–H groups in total. The Hall–Kier alpha value is 0.330. The minimum absolute atomic E-state index is 0.0563. The highest BCUT2D eigenvalue weighted by atomic mass is 32.2. The summed E-state index contributed by atoms with van der Waals surface area (Å²) in [6.07, 6.45) is 4.21. The van der Waals surface area contributed by atoms with Gasteiger partial charge >= 0.3 is 0 Å². The fourth-order valence-electron chi connectivity index (χ4n) is 2.71. The summed E-state index contributed by atoms with van der Waals surface area (Å²) in [5, 5.41) is 0. The number of carbonyl (C=O) groups excluding carboxylic acids is 1. The molecule has 4 heteroatoms. The summed E-state index contributed by atoms with van der Waals surface area (Å²) in [5.41, 5.74) is 0.0563. The number of thioether (sulfide) groups is 2. The van der Waals surface area contributed by atoms with Crippen molar-refractivity contribution in [2.75, 3.05) is 29.6 Å². The second-order valence-electron chi connectivity index (χ2n) is 4.94. The normalized spacial score (nSPS) is 28.2. The zero-order valence-corrected chi connectivity index (χ0v) is 12.2. The van der Waals surface area contributed by atoms with Gasteiger partial charge in [-0.3, -0.25) is 4.79 Å². The first-order chi connectivity index (χ1) is 8.26. The van der Waals surface area contributed by atoms with Crippen molar-refractivity contribution in [3.05, 3.63) is 0 Å². The molecule has 2 saturated heterocycles. The Morgan fingerprint density at radius 2 is 2.24 bits per heavy atom. The molecule has 1 spiro atoms. The molecule has 2 aliphatic heterocycles. The second kappa shape index (κ2) is 6.48. The fourth-order valence-corrected chi connectivity index (χ4v) is 4.59. The first kappa shape index (κ1) is 13.8. The number of ether oxygens (including phenoxy) is 1. The van der Waals surface area contributed by atoms with E-state index in [2.05, 4.69) is 6.92 Å². The molecule has 0 radical (unpaired) electrons. The van der Waals surface area contributed by atoms with E-state index in [4.69, 9.17) is 4.74 Å². The van der Waals surface area contributed by atoms with Gasteiger partial charge in [0.2, 0.25) is 0 Å². The first-order valence-electron chi connectivity index (χ1n) is 6.58. The Morgan fingerprint density at radius 1 is 1.47 bits per heavy atom. The Bertz CT molecular complexity index is 257. The minimum Gasteiger partial charge on any atom is -0.375 e. The van der Waals surface area contributed by atoms with Crippen LogP contribution in [0.4, 0.5) is 0 Å². The average Bonchev–Trinajstić information content (AvgIpc) is 2.37. The number of Topliss-reactive ketones (excluding diaryl/α,β-unsaturated/α-hetero) is 1. The highest BCUT2D eigenvalue weighted by Gasteiger charge is 2.40. The van der Waals surface area contributed by atoms with Crippen LogP contribution in [0.1, 0.15) is 32.6 Å². The third-order valence-corrected chi connectivity index (χ3v) is 5.68. The third kappa shape index (κ3) is 3.65. The second-order valence-corrected chi connectivity index (χ2v) is 7.44. The van der Waals surface area contributed by atoms with Crippen molar-refractivity contribution in [1.29, 1.82) is 0 Å². The van der Waals surface area contributed by atoms with Gasteiger partial charge < -0.3 is 4.74 Å². The van der Waals surface area contributed by atoms with Crippen LogP contribution in [-0.2, 0) is 9.53 Å². The van der Waals surface area contributed by atoms with E-state index < -0.39 is 0 Å². The van der Waals surface area contributed by atoms with Crippen molar-refractivity contribution in [2.24, 2.45) is 5.92 Å². The van der Waals surface area contributed by atoms with Gasteiger partial charge in [-0.15, -0.1) is 0 Å². The number of carbonyl (C=O) groups is 1. The van der Waals surface area contributed by atoms with Crippen LogP contribution in [-0.4, -0.2) is 41.0 Å². The largest absolute Gasteiger partial charge is 0.375 e. The molecule has 17 heavy (non-hydrogen) atoms. The van der Waals surface area contributed by atoms with Crippen LogP contribution in [0.15, 0.2) is 0 Å². The SMILES string of the molecule is CCSCC(=O)C1CCOC2(CCSCC2)C1. The zero-order chi connectivity index (χ0) is 12.1. The first-order valence-corrected chi connectivity index (χ1v) is 8.89.